The molecule has 0 amide bonds. The van der Waals surface area contributed by atoms with Crippen molar-refractivity contribution in [2.45, 2.75) is 18.7 Å². The second-order valence-corrected chi connectivity index (χ2v) is 5.67. The van der Waals surface area contributed by atoms with E-state index in [1.165, 1.54) is 5.57 Å². The summed E-state index contributed by atoms with van der Waals surface area (Å²) in [5.74, 6) is 6.91. The van der Waals surface area contributed by atoms with Crippen LogP contribution in [-0.2, 0) is 0 Å². The number of rotatable bonds is 6. The molecule has 1 aromatic rings. The topological polar surface area (TPSA) is 38.5 Å². The Kier molecular flexibility index (Phi) is 6.67. The molecule has 1 aromatic carbocycles. The minimum atomic E-state index is 0.356. The van der Waals surface area contributed by atoms with E-state index in [9.17, 15) is 0 Å². The van der Waals surface area contributed by atoms with Crippen LogP contribution in [0.3, 0.4) is 0 Å². The summed E-state index contributed by atoms with van der Waals surface area (Å²) in [5, 5.41) is 1.72. The van der Waals surface area contributed by atoms with Crippen molar-refractivity contribution >= 4 is 21.6 Å². The maximum absolute atomic E-state index is 6.08. The van der Waals surface area contributed by atoms with E-state index in [2.05, 4.69) is 41.1 Å². The highest BCUT2D eigenvalue weighted by Crippen LogP contribution is 2.18. The molecule has 0 saturated carbocycles. The lowest BCUT2D eigenvalue weighted by molar-refractivity contribution is 0.415. The number of halogens is 1. The third-order valence-electron chi connectivity index (χ3n) is 2.70. The van der Waals surface area contributed by atoms with Crippen LogP contribution < -0.4 is 15.6 Å². The lowest BCUT2D eigenvalue weighted by atomic mass is 10.2. The molecule has 0 saturated heterocycles. The zero-order valence-corrected chi connectivity index (χ0v) is 13.2. The van der Waals surface area contributed by atoms with Crippen molar-refractivity contribution in [3.63, 3.8) is 0 Å². The maximum Gasteiger partial charge on any atom is 0.119 e. The fraction of sp³-hybridized carbons (Fsp3) is 0.333. The van der Waals surface area contributed by atoms with Crippen LogP contribution in [0.1, 0.15) is 13.8 Å². The molecular weight excluding hydrogens is 304 g/mol. The van der Waals surface area contributed by atoms with Gasteiger partial charge in [-0.3, -0.25) is 0 Å². The number of nitrogens with zero attached hydrogens (tertiary/aromatic N) is 1. The first-order chi connectivity index (χ1) is 9.06. The third kappa shape index (κ3) is 5.49. The Morgan fingerprint density at radius 1 is 1.42 bits per heavy atom. The maximum atomic E-state index is 6.08. The number of anilines is 1. The number of nitrogens with two attached hydrogens (primary N) is 1. The molecule has 0 aromatic heterocycles. The van der Waals surface area contributed by atoms with E-state index in [1.807, 2.05) is 31.2 Å². The van der Waals surface area contributed by atoms with E-state index in [-0.39, 0.29) is 0 Å². The number of allylic oxidation sites excluding steroid dienone is 2. The van der Waals surface area contributed by atoms with Crippen LogP contribution in [-0.4, -0.2) is 18.5 Å². The highest BCUT2D eigenvalue weighted by atomic mass is 79.9. The summed E-state index contributed by atoms with van der Waals surface area (Å²) < 4.78 is 5.13. The zero-order chi connectivity index (χ0) is 14.3. The van der Waals surface area contributed by atoms with Gasteiger partial charge >= 0.3 is 0 Å². The van der Waals surface area contributed by atoms with Gasteiger partial charge in [-0.1, -0.05) is 34.2 Å². The van der Waals surface area contributed by atoms with Crippen molar-refractivity contribution in [3.05, 3.63) is 48.1 Å². The van der Waals surface area contributed by atoms with E-state index >= 15 is 0 Å². The number of methoxy groups -OCH3 is 1. The Bertz CT molecular complexity index is 438. The third-order valence-corrected chi connectivity index (χ3v) is 3.01. The molecule has 4 heteroatoms. The predicted octanol–water partition coefficient (Wildman–Crippen LogP) is 3.66. The normalized spacial score (nSPS) is 13.6. The summed E-state index contributed by atoms with van der Waals surface area (Å²) in [5.41, 5.74) is 2.13. The molecule has 19 heavy (non-hydrogen) atoms. The summed E-state index contributed by atoms with van der Waals surface area (Å²) in [7, 11) is 1.65. The fourth-order valence-corrected chi connectivity index (χ4v) is 1.71. The monoisotopic (exact) mass is 324 g/mol. The van der Waals surface area contributed by atoms with Gasteiger partial charge in [0.2, 0.25) is 0 Å². The Balaban J connectivity index is 2.69. The van der Waals surface area contributed by atoms with Crippen molar-refractivity contribution in [2.75, 3.05) is 18.7 Å². The number of hydrazine groups is 1. The van der Waals surface area contributed by atoms with Crippen molar-refractivity contribution in [3.8, 4) is 5.75 Å². The Labute approximate surface area is 123 Å². The van der Waals surface area contributed by atoms with Gasteiger partial charge in [0.1, 0.15) is 5.75 Å². The largest absolute Gasteiger partial charge is 0.497 e. The first-order valence-corrected chi connectivity index (χ1v) is 7.12. The van der Waals surface area contributed by atoms with Crippen LogP contribution in [0.5, 0.6) is 5.75 Å². The Hall–Kier alpha value is -1.26. The van der Waals surface area contributed by atoms with Crippen molar-refractivity contribution in [1.29, 1.82) is 0 Å². The van der Waals surface area contributed by atoms with Gasteiger partial charge < -0.3 is 9.75 Å². The van der Waals surface area contributed by atoms with Crippen LogP contribution in [0, 0.1) is 0 Å². The fourth-order valence-electron chi connectivity index (χ4n) is 1.56. The minimum Gasteiger partial charge on any atom is -0.497 e. The molecular formula is C15H21BrN2O. The predicted molar refractivity (Wildman–Crippen MR) is 85.8 cm³/mol. The van der Waals surface area contributed by atoms with Gasteiger partial charge in [-0.2, -0.15) is 0 Å². The van der Waals surface area contributed by atoms with Gasteiger partial charge in [-0.15, -0.1) is 0 Å². The number of alkyl halides is 1. The van der Waals surface area contributed by atoms with E-state index in [1.54, 1.807) is 12.1 Å². The standard InChI is InChI=1S/C15H21BrN2O/c1-4-13(6-5-12(2)16)11-18(17)14-7-9-15(19-3)10-8-14/h4-10,12H,11,17H2,1-3H3/b6-5-,13-4+. The smallest absolute Gasteiger partial charge is 0.119 e. The van der Waals surface area contributed by atoms with Crippen LogP contribution in [0.4, 0.5) is 5.69 Å². The van der Waals surface area contributed by atoms with Crippen molar-refractivity contribution < 1.29 is 4.74 Å². The SMILES string of the molecule is C/C=C(\C=C/C(C)Br)CN(N)c1ccc(OC)cc1. The van der Waals surface area contributed by atoms with Gasteiger partial charge in [0.25, 0.3) is 0 Å². The number of hydrogen-bond acceptors (Lipinski definition) is 3. The van der Waals surface area contributed by atoms with E-state index in [0.717, 1.165) is 11.4 Å². The van der Waals surface area contributed by atoms with Gasteiger partial charge in [0.15, 0.2) is 0 Å². The molecule has 0 aliphatic rings. The van der Waals surface area contributed by atoms with E-state index < -0.39 is 0 Å². The molecule has 0 spiro atoms. The van der Waals surface area contributed by atoms with Crippen LogP contribution in [0.15, 0.2) is 48.1 Å². The number of benzene rings is 1. The average molecular weight is 325 g/mol. The minimum absolute atomic E-state index is 0.356. The molecule has 0 radical (unpaired) electrons. The van der Waals surface area contributed by atoms with Gasteiger partial charge in [0, 0.05) is 4.83 Å². The summed E-state index contributed by atoms with van der Waals surface area (Å²) >= 11 is 3.49. The summed E-state index contributed by atoms with van der Waals surface area (Å²) in [6.45, 7) is 4.76. The quantitative estimate of drug-likeness (QED) is 0.375. The highest BCUT2D eigenvalue weighted by molar-refractivity contribution is 9.09. The first kappa shape index (κ1) is 15.8. The molecule has 3 nitrogen and oxygen atoms in total. The van der Waals surface area contributed by atoms with Crippen molar-refractivity contribution in [1.82, 2.24) is 0 Å². The lowest BCUT2D eigenvalue weighted by Crippen LogP contribution is -2.32. The molecule has 1 atom stereocenters. The van der Waals surface area contributed by atoms with Gasteiger partial charge in [-0.05, 0) is 43.7 Å². The second kappa shape index (κ2) is 8.02. The average Bonchev–Trinajstić information content (AvgIpc) is 2.43. The molecule has 0 aliphatic carbocycles. The van der Waals surface area contributed by atoms with Crippen LogP contribution >= 0.6 is 15.9 Å². The van der Waals surface area contributed by atoms with E-state index in [0.29, 0.717) is 11.4 Å². The number of ether oxygens (including phenoxy) is 1. The second-order valence-electron chi connectivity index (χ2n) is 4.23. The zero-order valence-electron chi connectivity index (χ0n) is 11.6. The molecule has 2 N–H and O–H groups in total. The van der Waals surface area contributed by atoms with E-state index in [4.69, 9.17) is 10.6 Å². The molecule has 104 valence electrons. The molecule has 0 heterocycles. The van der Waals surface area contributed by atoms with Gasteiger partial charge in [-0.25, -0.2) is 5.84 Å². The Morgan fingerprint density at radius 2 is 2.05 bits per heavy atom. The number of hydrogen-bond donors (Lipinski definition) is 1. The highest BCUT2D eigenvalue weighted by Gasteiger charge is 2.03. The summed E-state index contributed by atoms with van der Waals surface area (Å²) in [4.78, 5) is 0.356. The van der Waals surface area contributed by atoms with Crippen LogP contribution in [0.2, 0.25) is 0 Å². The first-order valence-electron chi connectivity index (χ1n) is 6.20. The molecule has 1 rings (SSSR count). The molecule has 0 fully saturated rings. The molecule has 1 unspecified atom stereocenters. The summed E-state index contributed by atoms with van der Waals surface area (Å²) in [6.07, 6.45) is 6.25. The molecule has 0 aliphatic heterocycles. The summed E-state index contributed by atoms with van der Waals surface area (Å²) in [6, 6.07) is 7.70. The van der Waals surface area contributed by atoms with Crippen LogP contribution in [0.25, 0.3) is 0 Å². The Morgan fingerprint density at radius 3 is 2.53 bits per heavy atom. The lowest BCUT2D eigenvalue weighted by Gasteiger charge is -2.19. The van der Waals surface area contributed by atoms with Crippen molar-refractivity contribution in [2.24, 2.45) is 5.84 Å². The molecule has 0 bridgehead atoms. The van der Waals surface area contributed by atoms with Gasteiger partial charge in [0.05, 0.1) is 19.3 Å².